The van der Waals surface area contributed by atoms with Crippen LogP contribution in [0.2, 0.25) is 0 Å². The minimum atomic E-state index is -0.427. The van der Waals surface area contributed by atoms with Gasteiger partial charge in [-0.25, -0.2) is 0 Å². The molecule has 3 N–H and O–H groups in total. The Hall–Kier alpha value is -2.02. The lowest BCUT2D eigenvalue weighted by molar-refractivity contribution is -0.384. The Labute approximate surface area is 116 Å². The number of fused-ring (bicyclic) bond motifs is 1. The lowest BCUT2D eigenvalue weighted by Gasteiger charge is -2.20. The molecule has 1 aliphatic heterocycles. The highest BCUT2D eigenvalue weighted by Gasteiger charge is 2.29. The lowest BCUT2D eigenvalue weighted by Crippen LogP contribution is -2.31. The zero-order valence-corrected chi connectivity index (χ0v) is 11.0. The third-order valence-corrected chi connectivity index (χ3v) is 3.61. The summed E-state index contributed by atoms with van der Waals surface area (Å²) in [7, 11) is 0. The van der Waals surface area contributed by atoms with Crippen molar-refractivity contribution < 1.29 is 14.4 Å². The van der Waals surface area contributed by atoms with E-state index in [-0.39, 0.29) is 11.7 Å². The van der Waals surface area contributed by atoms with Gasteiger partial charge in [0.05, 0.1) is 11.0 Å². The van der Waals surface area contributed by atoms with Crippen LogP contribution in [0.15, 0.2) is 12.1 Å². The third kappa shape index (κ3) is 2.62. The molecule has 1 aliphatic carbocycles. The molecule has 3 rings (SSSR count). The summed E-state index contributed by atoms with van der Waals surface area (Å²) in [5, 5.41) is 14.2. The molecule has 108 valence electrons. The minimum Gasteiger partial charge on any atom is -0.486 e. The molecule has 1 heterocycles. The van der Waals surface area contributed by atoms with Crippen molar-refractivity contribution in [3.63, 3.8) is 0 Å². The van der Waals surface area contributed by atoms with E-state index in [1.807, 2.05) is 0 Å². The number of hydrogen-bond donors (Lipinski definition) is 2. The molecule has 1 unspecified atom stereocenters. The normalized spacial score (nSPS) is 18.4. The number of rotatable bonds is 5. The van der Waals surface area contributed by atoms with Gasteiger partial charge in [0.25, 0.3) is 5.69 Å². The average Bonchev–Trinajstić information content (AvgIpc) is 3.28. The van der Waals surface area contributed by atoms with Crippen LogP contribution < -0.4 is 20.5 Å². The van der Waals surface area contributed by atoms with Crippen LogP contribution in [0.4, 0.5) is 11.4 Å². The summed E-state index contributed by atoms with van der Waals surface area (Å²) in [6.07, 6.45) is 2.29. The molecule has 7 nitrogen and oxygen atoms in total. The van der Waals surface area contributed by atoms with Gasteiger partial charge in [0.15, 0.2) is 11.5 Å². The van der Waals surface area contributed by atoms with Crippen molar-refractivity contribution in [2.24, 2.45) is 11.7 Å². The first-order valence-corrected chi connectivity index (χ1v) is 6.72. The summed E-state index contributed by atoms with van der Waals surface area (Å²) >= 11 is 0. The first-order chi connectivity index (χ1) is 9.65. The van der Waals surface area contributed by atoms with Crippen molar-refractivity contribution in [2.75, 3.05) is 25.1 Å². The second-order valence-electron chi connectivity index (χ2n) is 5.15. The summed E-state index contributed by atoms with van der Waals surface area (Å²) in [4.78, 5) is 10.7. The van der Waals surface area contributed by atoms with Gasteiger partial charge in [-0.3, -0.25) is 10.1 Å². The number of nitrogens with one attached hydrogen (secondary N) is 1. The Morgan fingerprint density at radius 3 is 2.60 bits per heavy atom. The summed E-state index contributed by atoms with van der Waals surface area (Å²) in [6, 6.07) is 3.05. The molecule has 20 heavy (non-hydrogen) atoms. The lowest BCUT2D eigenvalue weighted by atomic mass is 10.2. The van der Waals surface area contributed by atoms with E-state index in [4.69, 9.17) is 15.2 Å². The van der Waals surface area contributed by atoms with Crippen LogP contribution in [0, 0.1) is 16.0 Å². The van der Waals surface area contributed by atoms with Gasteiger partial charge in [0.2, 0.25) is 0 Å². The van der Waals surface area contributed by atoms with Crippen LogP contribution in [-0.4, -0.2) is 30.7 Å². The first kappa shape index (κ1) is 13.0. The Balaban J connectivity index is 1.81. The molecule has 0 spiro atoms. The highest BCUT2D eigenvalue weighted by atomic mass is 16.6. The second kappa shape index (κ2) is 5.16. The summed E-state index contributed by atoms with van der Waals surface area (Å²) in [6.45, 7) is 1.38. The quantitative estimate of drug-likeness (QED) is 0.626. The molecule has 1 saturated carbocycles. The van der Waals surface area contributed by atoms with Crippen LogP contribution >= 0.6 is 0 Å². The van der Waals surface area contributed by atoms with Gasteiger partial charge in [-0.15, -0.1) is 0 Å². The fourth-order valence-corrected chi connectivity index (χ4v) is 2.29. The van der Waals surface area contributed by atoms with E-state index in [2.05, 4.69) is 5.32 Å². The van der Waals surface area contributed by atoms with Gasteiger partial charge in [-0.2, -0.15) is 0 Å². The van der Waals surface area contributed by atoms with E-state index in [0.717, 1.165) is 12.8 Å². The molecular weight excluding hydrogens is 262 g/mol. The number of ether oxygens (including phenoxy) is 2. The van der Waals surface area contributed by atoms with E-state index in [0.29, 0.717) is 42.9 Å². The van der Waals surface area contributed by atoms with Crippen molar-refractivity contribution in [1.29, 1.82) is 0 Å². The van der Waals surface area contributed by atoms with E-state index in [9.17, 15) is 10.1 Å². The maximum Gasteiger partial charge on any atom is 0.296 e. The molecule has 0 saturated heterocycles. The van der Waals surface area contributed by atoms with Gasteiger partial charge in [0, 0.05) is 18.7 Å². The molecule has 0 aromatic heterocycles. The molecule has 0 amide bonds. The van der Waals surface area contributed by atoms with Gasteiger partial charge >= 0.3 is 0 Å². The van der Waals surface area contributed by atoms with Gasteiger partial charge in [-0.1, -0.05) is 0 Å². The number of anilines is 1. The Morgan fingerprint density at radius 1 is 1.35 bits per heavy atom. The van der Waals surface area contributed by atoms with Crippen molar-refractivity contribution in [2.45, 2.75) is 18.9 Å². The number of benzene rings is 1. The predicted molar refractivity (Wildman–Crippen MR) is 73.3 cm³/mol. The fourth-order valence-electron chi connectivity index (χ4n) is 2.29. The van der Waals surface area contributed by atoms with Gasteiger partial charge in [-0.05, 0) is 18.8 Å². The Morgan fingerprint density at radius 2 is 2.00 bits per heavy atom. The third-order valence-electron chi connectivity index (χ3n) is 3.61. The Bertz CT molecular complexity index is 531. The SMILES string of the molecule is NC(CNc1cc2c(cc1[N+](=O)[O-])OCCO2)C1CC1. The maximum atomic E-state index is 11.1. The van der Waals surface area contributed by atoms with Crippen molar-refractivity contribution in [1.82, 2.24) is 0 Å². The molecule has 1 atom stereocenters. The second-order valence-corrected chi connectivity index (χ2v) is 5.15. The molecular formula is C13H17N3O4. The molecule has 2 aliphatic rings. The highest BCUT2D eigenvalue weighted by molar-refractivity contribution is 5.68. The molecule has 1 aromatic carbocycles. The fraction of sp³-hybridized carbons (Fsp3) is 0.538. The van der Waals surface area contributed by atoms with Crippen LogP contribution in [-0.2, 0) is 0 Å². The minimum absolute atomic E-state index is 0.0164. The first-order valence-electron chi connectivity index (χ1n) is 6.72. The largest absolute Gasteiger partial charge is 0.486 e. The summed E-state index contributed by atoms with van der Waals surface area (Å²) in [5.74, 6) is 1.49. The topological polar surface area (TPSA) is 99.7 Å². The van der Waals surface area contributed by atoms with Crippen LogP contribution in [0.3, 0.4) is 0 Å². The summed E-state index contributed by atoms with van der Waals surface area (Å²) < 4.78 is 10.8. The number of nitro benzene ring substituents is 1. The number of nitro groups is 1. The molecule has 0 bridgehead atoms. The van der Waals surface area contributed by atoms with Crippen molar-refractivity contribution >= 4 is 11.4 Å². The van der Waals surface area contributed by atoms with Crippen LogP contribution in [0.5, 0.6) is 11.5 Å². The monoisotopic (exact) mass is 279 g/mol. The van der Waals surface area contributed by atoms with Crippen molar-refractivity contribution in [3.05, 3.63) is 22.2 Å². The number of nitrogens with zero attached hydrogens (tertiary/aromatic N) is 1. The number of nitrogens with two attached hydrogens (primary N) is 1. The number of hydrogen-bond acceptors (Lipinski definition) is 6. The summed E-state index contributed by atoms with van der Waals surface area (Å²) in [5.41, 5.74) is 6.41. The van der Waals surface area contributed by atoms with E-state index < -0.39 is 4.92 Å². The zero-order valence-electron chi connectivity index (χ0n) is 11.0. The smallest absolute Gasteiger partial charge is 0.296 e. The molecule has 1 fully saturated rings. The van der Waals surface area contributed by atoms with E-state index >= 15 is 0 Å². The molecule has 1 aromatic rings. The van der Waals surface area contributed by atoms with Gasteiger partial charge in [0.1, 0.15) is 18.9 Å². The zero-order chi connectivity index (χ0) is 14.1. The Kier molecular flexibility index (Phi) is 3.35. The van der Waals surface area contributed by atoms with Gasteiger partial charge < -0.3 is 20.5 Å². The average molecular weight is 279 g/mol. The molecule has 0 radical (unpaired) electrons. The van der Waals surface area contributed by atoms with E-state index in [1.54, 1.807) is 6.07 Å². The standard InChI is InChI=1S/C13H17N3O4/c14-9(8-1-2-8)7-15-10-5-12-13(20-4-3-19-12)6-11(10)16(17)18/h5-6,8-9,15H,1-4,7,14H2. The molecule has 7 heteroatoms. The highest BCUT2D eigenvalue weighted by Crippen LogP contribution is 2.39. The maximum absolute atomic E-state index is 11.1. The predicted octanol–water partition coefficient (Wildman–Crippen LogP) is 1.52. The van der Waals surface area contributed by atoms with Crippen LogP contribution in [0.25, 0.3) is 0 Å². The van der Waals surface area contributed by atoms with Crippen LogP contribution in [0.1, 0.15) is 12.8 Å². The van der Waals surface area contributed by atoms with Crippen molar-refractivity contribution in [3.8, 4) is 11.5 Å². The van der Waals surface area contributed by atoms with E-state index in [1.165, 1.54) is 6.07 Å².